The summed E-state index contributed by atoms with van der Waals surface area (Å²) in [5, 5.41) is 2.15. The minimum atomic E-state index is -0.960. The smallest absolute Gasteiger partial charge is 0.254 e. The maximum atomic E-state index is 13.6. The first-order chi connectivity index (χ1) is 9.90. The van der Waals surface area contributed by atoms with E-state index in [2.05, 4.69) is 10.3 Å². The molecule has 0 aliphatic carbocycles. The SMILES string of the molecule is CC(NC(=O)c1cc(F)cnc1Cl)c1c(F)cccc1F. The van der Waals surface area contributed by atoms with Crippen LogP contribution < -0.4 is 5.32 Å². The second-order valence-corrected chi connectivity index (χ2v) is 4.68. The average molecular weight is 315 g/mol. The van der Waals surface area contributed by atoms with Gasteiger partial charge in [-0.2, -0.15) is 0 Å². The zero-order valence-electron chi connectivity index (χ0n) is 10.8. The third kappa shape index (κ3) is 3.33. The van der Waals surface area contributed by atoms with E-state index in [4.69, 9.17) is 11.6 Å². The summed E-state index contributed by atoms with van der Waals surface area (Å²) in [6.45, 7) is 1.40. The molecule has 0 spiro atoms. The van der Waals surface area contributed by atoms with Crippen molar-refractivity contribution in [2.24, 2.45) is 0 Å². The second kappa shape index (κ2) is 6.13. The van der Waals surface area contributed by atoms with Gasteiger partial charge in [-0.3, -0.25) is 4.79 Å². The molecule has 0 saturated carbocycles. The Morgan fingerprint density at radius 2 is 1.90 bits per heavy atom. The van der Waals surface area contributed by atoms with Crippen molar-refractivity contribution in [2.75, 3.05) is 0 Å². The molecule has 21 heavy (non-hydrogen) atoms. The van der Waals surface area contributed by atoms with Crippen molar-refractivity contribution in [2.45, 2.75) is 13.0 Å². The van der Waals surface area contributed by atoms with Crippen molar-refractivity contribution in [3.63, 3.8) is 0 Å². The van der Waals surface area contributed by atoms with Crippen molar-refractivity contribution < 1.29 is 18.0 Å². The highest BCUT2D eigenvalue weighted by Gasteiger charge is 2.20. The van der Waals surface area contributed by atoms with Crippen LogP contribution in [0.5, 0.6) is 0 Å². The predicted molar refractivity (Wildman–Crippen MR) is 71.4 cm³/mol. The molecular weight excluding hydrogens is 305 g/mol. The van der Waals surface area contributed by atoms with Gasteiger partial charge in [0.2, 0.25) is 0 Å². The molecular formula is C14H10ClF3N2O. The van der Waals surface area contributed by atoms with Crippen LogP contribution in [0.15, 0.2) is 30.5 Å². The normalized spacial score (nSPS) is 12.0. The number of nitrogens with zero attached hydrogens (tertiary/aromatic N) is 1. The van der Waals surface area contributed by atoms with Crippen molar-refractivity contribution >= 4 is 17.5 Å². The molecule has 0 aliphatic heterocycles. The van der Waals surface area contributed by atoms with E-state index in [0.29, 0.717) is 0 Å². The fourth-order valence-corrected chi connectivity index (χ4v) is 2.04. The van der Waals surface area contributed by atoms with Gasteiger partial charge >= 0.3 is 0 Å². The number of amides is 1. The minimum Gasteiger partial charge on any atom is -0.345 e. The number of aromatic nitrogens is 1. The molecule has 0 bridgehead atoms. The zero-order chi connectivity index (χ0) is 15.6. The molecule has 1 aromatic carbocycles. The van der Waals surface area contributed by atoms with Gasteiger partial charge in [-0.05, 0) is 25.1 Å². The molecule has 1 N–H and O–H groups in total. The Morgan fingerprint density at radius 3 is 2.52 bits per heavy atom. The first kappa shape index (κ1) is 15.3. The Kier molecular flexibility index (Phi) is 4.47. The summed E-state index contributed by atoms with van der Waals surface area (Å²) in [5.41, 5.74) is -0.494. The number of pyridine rings is 1. The van der Waals surface area contributed by atoms with Crippen LogP contribution in [0.1, 0.15) is 28.9 Å². The van der Waals surface area contributed by atoms with E-state index in [1.807, 2.05) is 0 Å². The van der Waals surface area contributed by atoms with Crippen molar-refractivity contribution in [1.82, 2.24) is 10.3 Å². The number of carbonyl (C=O) groups excluding carboxylic acids is 1. The third-order valence-electron chi connectivity index (χ3n) is 2.83. The van der Waals surface area contributed by atoms with E-state index in [-0.39, 0.29) is 16.3 Å². The Hall–Kier alpha value is -2.08. The molecule has 0 fully saturated rings. The van der Waals surface area contributed by atoms with Gasteiger partial charge in [-0.15, -0.1) is 0 Å². The van der Waals surface area contributed by atoms with Crippen LogP contribution in [0.4, 0.5) is 13.2 Å². The van der Waals surface area contributed by atoms with Gasteiger partial charge in [0.15, 0.2) is 0 Å². The van der Waals surface area contributed by atoms with Crippen molar-refractivity contribution in [3.05, 3.63) is 64.2 Å². The van der Waals surface area contributed by atoms with Crippen LogP contribution >= 0.6 is 11.6 Å². The molecule has 2 aromatic rings. The molecule has 0 radical (unpaired) electrons. The largest absolute Gasteiger partial charge is 0.345 e. The van der Waals surface area contributed by atoms with E-state index in [9.17, 15) is 18.0 Å². The van der Waals surface area contributed by atoms with Gasteiger partial charge in [0.05, 0.1) is 17.8 Å². The highest BCUT2D eigenvalue weighted by Crippen LogP contribution is 2.21. The molecule has 7 heteroatoms. The molecule has 3 nitrogen and oxygen atoms in total. The quantitative estimate of drug-likeness (QED) is 0.879. The van der Waals surface area contributed by atoms with Crippen LogP contribution in [0.25, 0.3) is 0 Å². The Labute approximate surface area is 123 Å². The lowest BCUT2D eigenvalue weighted by atomic mass is 10.1. The van der Waals surface area contributed by atoms with Gasteiger partial charge < -0.3 is 5.32 Å². The summed E-state index contributed by atoms with van der Waals surface area (Å²) < 4.78 is 40.3. The van der Waals surface area contributed by atoms with Gasteiger partial charge in [0.1, 0.15) is 22.6 Å². The Morgan fingerprint density at radius 1 is 1.29 bits per heavy atom. The number of hydrogen-bond donors (Lipinski definition) is 1. The fourth-order valence-electron chi connectivity index (χ4n) is 1.85. The number of hydrogen-bond acceptors (Lipinski definition) is 2. The first-order valence-electron chi connectivity index (χ1n) is 5.96. The maximum Gasteiger partial charge on any atom is 0.254 e. The molecule has 0 saturated heterocycles. The van der Waals surface area contributed by atoms with Crippen LogP contribution in [0.3, 0.4) is 0 Å². The first-order valence-corrected chi connectivity index (χ1v) is 6.33. The number of carbonyl (C=O) groups is 1. The standard InChI is InChI=1S/C14H10ClF3N2O/c1-7(12-10(17)3-2-4-11(12)18)20-14(21)9-5-8(16)6-19-13(9)15/h2-7H,1H3,(H,20,21). The summed E-state index contributed by atoms with van der Waals surface area (Å²) in [6, 6.07) is 3.32. The molecule has 1 heterocycles. The lowest BCUT2D eigenvalue weighted by Gasteiger charge is -2.16. The second-order valence-electron chi connectivity index (χ2n) is 4.32. The van der Waals surface area contributed by atoms with E-state index in [1.54, 1.807) is 0 Å². The topological polar surface area (TPSA) is 42.0 Å². The van der Waals surface area contributed by atoms with Crippen molar-refractivity contribution in [3.8, 4) is 0 Å². The van der Waals surface area contributed by atoms with E-state index in [0.717, 1.165) is 24.4 Å². The molecule has 1 unspecified atom stereocenters. The maximum absolute atomic E-state index is 13.6. The molecule has 1 aromatic heterocycles. The summed E-state index contributed by atoms with van der Waals surface area (Å²) in [4.78, 5) is 15.5. The van der Waals surface area contributed by atoms with E-state index in [1.165, 1.54) is 13.0 Å². The van der Waals surface area contributed by atoms with Crippen LogP contribution in [0, 0.1) is 17.5 Å². The van der Waals surface area contributed by atoms with Crippen LogP contribution in [-0.2, 0) is 0 Å². The lowest BCUT2D eigenvalue weighted by molar-refractivity contribution is 0.0938. The van der Waals surface area contributed by atoms with Gasteiger partial charge in [-0.25, -0.2) is 18.2 Å². The Bertz CT molecular complexity index is 674. The zero-order valence-corrected chi connectivity index (χ0v) is 11.6. The summed E-state index contributed by atoms with van der Waals surface area (Å²) >= 11 is 5.70. The molecule has 110 valence electrons. The number of benzene rings is 1. The monoisotopic (exact) mass is 314 g/mol. The summed E-state index contributed by atoms with van der Waals surface area (Å²) in [7, 11) is 0. The minimum absolute atomic E-state index is 0.199. The average Bonchev–Trinajstić information content (AvgIpc) is 2.41. The van der Waals surface area contributed by atoms with Crippen molar-refractivity contribution in [1.29, 1.82) is 0 Å². The predicted octanol–water partition coefficient (Wildman–Crippen LogP) is 3.64. The van der Waals surface area contributed by atoms with Gasteiger partial charge in [0, 0.05) is 5.56 Å². The summed E-state index contributed by atoms with van der Waals surface area (Å²) in [5.74, 6) is -3.09. The highest BCUT2D eigenvalue weighted by molar-refractivity contribution is 6.32. The van der Waals surface area contributed by atoms with Crippen LogP contribution in [-0.4, -0.2) is 10.9 Å². The van der Waals surface area contributed by atoms with Gasteiger partial charge in [-0.1, -0.05) is 17.7 Å². The highest BCUT2D eigenvalue weighted by atomic mass is 35.5. The number of halogens is 4. The van der Waals surface area contributed by atoms with E-state index >= 15 is 0 Å². The van der Waals surface area contributed by atoms with Gasteiger partial charge in [0.25, 0.3) is 5.91 Å². The Balaban J connectivity index is 2.25. The molecule has 2 rings (SSSR count). The lowest BCUT2D eigenvalue weighted by Crippen LogP contribution is -2.28. The number of rotatable bonds is 3. The van der Waals surface area contributed by atoms with E-state index < -0.39 is 29.4 Å². The van der Waals surface area contributed by atoms with Crippen LogP contribution in [0.2, 0.25) is 5.15 Å². The summed E-state index contributed by atoms with van der Waals surface area (Å²) in [6.07, 6.45) is 0.860. The fraction of sp³-hybridized carbons (Fsp3) is 0.143. The third-order valence-corrected chi connectivity index (χ3v) is 3.13. The molecule has 0 aliphatic rings. The molecule has 1 amide bonds. The molecule has 1 atom stereocenters. The number of nitrogens with one attached hydrogen (secondary N) is 1.